The summed E-state index contributed by atoms with van der Waals surface area (Å²) in [4.78, 5) is 27.4. The van der Waals surface area contributed by atoms with Crippen LogP contribution >= 0.6 is 11.8 Å². The molecule has 1 atom stereocenters. The zero-order chi connectivity index (χ0) is 20.6. The number of carbonyl (C=O) groups excluding carboxylic acids is 2. The molecule has 2 aromatic rings. The fraction of sp³-hybridized carbons (Fsp3) is 0.333. The SMILES string of the molecule is CC1CSc2ccc(S(=O)(=O)CCC(=O)N3CCc4ccccc43)cc2NC1=O. The first-order chi connectivity index (χ1) is 13.8. The van der Waals surface area contributed by atoms with E-state index in [1.54, 1.807) is 17.0 Å². The molecule has 0 radical (unpaired) electrons. The lowest BCUT2D eigenvalue weighted by atomic mass is 10.2. The van der Waals surface area contributed by atoms with Gasteiger partial charge in [-0.25, -0.2) is 8.42 Å². The summed E-state index contributed by atoms with van der Waals surface area (Å²) in [6.45, 7) is 2.42. The average molecular weight is 431 g/mol. The second kappa shape index (κ2) is 7.84. The molecule has 1 unspecified atom stereocenters. The van der Waals surface area contributed by atoms with Gasteiger partial charge in [0.15, 0.2) is 9.84 Å². The maximum Gasteiger partial charge on any atom is 0.228 e. The van der Waals surface area contributed by atoms with Crippen molar-refractivity contribution in [2.45, 2.75) is 29.6 Å². The highest BCUT2D eigenvalue weighted by molar-refractivity contribution is 7.99. The molecule has 2 aromatic carbocycles. The summed E-state index contributed by atoms with van der Waals surface area (Å²) in [5, 5.41) is 2.81. The number of benzene rings is 2. The van der Waals surface area contributed by atoms with Gasteiger partial charge < -0.3 is 10.2 Å². The molecular formula is C21H22N2O4S2. The quantitative estimate of drug-likeness (QED) is 0.806. The number of carbonyl (C=O) groups is 2. The fourth-order valence-corrected chi connectivity index (χ4v) is 5.81. The molecule has 0 fully saturated rings. The Kier molecular flexibility index (Phi) is 5.40. The van der Waals surface area contributed by atoms with E-state index < -0.39 is 9.84 Å². The minimum atomic E-state index is -3.65. The molecule has 2 amide bonds. The van der Waals surface area contributed by atoms with E-state index in [1.807, 2.05) is 31.2 Å². The third-order valence-electron chi connectivity index (χ3n) is 5.28. The van der Waals surface area contributed by atoms with E-state index in [4.69, 9.17) is 0 Å². The minimum absolute atomic E-state index is 0.0775. The topological polar surface area (TPSA) is 83.6 Å². The predicted octanol–water partition coefficient (Wildman–Crippen LogP) is 3.12. The molecular weight excluding hydrogens is 408 g/mol. The maximum absolute atomic E-state index is 12.8. The first-order valence-corrected chi connectivity index (χ1v) is 12.2. The van der Waals surface area contributed by atoms with Gasteiger partial charge in [-0.15, -0.1) is 11.8 Å². The molecule has 4 rings (SSSR count). The third-order valence-corrected chi connectivity index (χ3v) is 8.32. The second-order valence-electron chi connectivity index (χ2n) is 7.35. The summed E-state index contributed by atoms with van der Waals surface area (Å²) in [7, 11) is -3.65. The van der Waals surface area contributed by atoms with Crippen molar-refractivity contribution in [3.8, 4) is 0 Å². The Bertz CT molecular complexity index is 1080. The van der Waals surface area contributed by atoms with E-state index in [2.05, 4.69) is 5.32 Å². The Balaban J connectivity index is 1.48. The summed E-state index contributed by atoms with van der Waals surface area (Å²) < 4.78 is 25.6. The summed E-state index contributed by atoms with van der Waals surface area (Å²) in [5.41, 5.74) is 2.50. The van der Waals surface area contributed by atoms with E-state index in [1.165, 1.54) is 17.8 Å². The van der Waals surface area contributed by atoms with Gasteiger partial charge in [0.2, 0.25) is 11.8 Å². The molecule has 29 heavy (non-hydrogen) atoms. The van der Waals surface area contributed by atoms with Crippen LogP contribution in [-0.4, -0.2) is 38.3 Å². The first kappa shape index (κ1) is 20.0. The first-order valence-electron chi connectivity index (χ1n) is 9.54. The van der Waals surface area contributed by atoms with Crippen LogP contribution in [0.15, 0.2) is 52.3 Å². The summed E-state index contributed by atoms with van der Waals surface area (Å²) in [5.74, 6) is -0.0644. The summed E-state index contributed by atoms with van der Waals surface area (Å²) >= 11 is 1.53. The van der Waals surface area contributed by atoms with Gasteiger partial charge in [-0.1, -0.05) is 25.1 Å². The largest absolute Gasteiger partial charge is 0.325 e. The van der Waals surface area contributed by atoms with Gasteiger partial charge >= 0.3 is 0 Å². The van der Waals surface area contributed by atoms with Crippen LogP contribution in [0, 0.1) is 5.92 Å². The number of amides is 2. The Hall–Kier alpha value is -2.32. The van der Waals surface area contributed by atoms with Crippen LogP contribution in [0.25, 0.3) is 0 Å². The minimum Gasteiger partial charge on any atom is -0.325 e. The van der Waals surface area contributed by atoms with Crippen LogP contribution in [0.3, 0.4) is 0 Å². The van der Waals surface area contributed by atoms with Crippen LogP contribution in [-0.2, 0) is 25.8 Å². The van der Waals surface area contributed by atoms with E-state index in [9.17, 15) is 18.0 Å². The number of nitrogens with one attached hydrogen (secondary N) is 1. The molecule has 2 heterocycles. The summed E-state index contributed by atoms with van der Waals surface area (Å²) in [6.07, 6.45) is 0.709. The van der Waals surface area contributed by atoms with Crippen LogP contribution < -0.4 is 10.2 Å². The van der Waals surface area contributed by atoms with Gasteiger partial charge in [0.25, 0.3) is 0 Å². The highest BCUT2D eigenvalue weighted by Crippen LogP contribution is 2.34. The fourth-order valence-electron chi connectivity index (χ4n) is 3.54. The third kappa shape index (κ3) is 4.04. The van der Waals surface area contributed by atoms with Crippen molar-refractivity contribution >= 4 is 44.8 Å². The molecule has 8 heteroatoms. The molecule has 0 saturated heterocycles. The average Bonchev–Trinajstić information content (AvgIpc) is 3.09. The molecule has 2 aliphatic rings. The molecule has 0 spiro atoms. The van der Waals surface area contributed by atoms with E-state index >= 15 is 0 Å². The molecule has 0 bridgehead atoms. The molecule has 152 valence electrons. The number of sulfone groups is 1. The van der Waals surface area contributed by atoms with E-state index in [0.717, 1.165) is 22.6 Å². The number of fused-ring (bicyclic) bond motifs is 2. The van der Waals surface area contributed by atoms with Crippen LogP contribution in [0.1, 0.15) is 18.9 Å². The van der Waals surface area contributed by atoms with Crippen LogP contribution in [0.4, 0.5) is 11.4 Å². The van der Waals surface area contributed by atoms with E-state index in [0.29, 0.717) is 18.0 Å². The van der Waals surface area contributed by atoms with Gasteiger partial charge in [-0.3, -0.25) is 9.59 Å². The number of thioether (sulfide) groups is 1. The lowest BCUT2D eigenvalue weighted by Crippen LogP contribution is -2.30. The Morgan fingerprint density at radius 2 is 2.03 bits per heavy atom. The van der Waals surface area contributed by atoms with Crippen molar-refractivity contribution in [2.24, 2.45) is 5.92 Å². The molecule has 2 aliphatic heterocycles. The van der Waals surface area contributed by atoms with Crippen molar-refractivity contribution in [3.63, 3.8) is 0 Å². The van der Waals surface area contributed by atoms with Gasteiger partial charge in [-0.2, -0.15) is 0 Å². The lowest BCUT2D eigenvalue weighted by molar-refractivity contribution is -0.119. The normalized spacial score (nSPS) is 18.6. The Morgan fingerprint density at radius 3 is 2.86 bits per heavy atom. The van der Waals surface area contributed by atoms with Crippen molar-refractivity contribution in [3.05, 3.63) is 48.0 Å². The van der Waals surface area contributed by atoms with Crippen LogP contribution in [0.2, 0.25) is 0 Å². The lowest BCUT2D eigenvalue weighted by Gasteiger charge is -2.17. The van der Waals surface area contributed by atoms with E-state index in [-0.39, 0.29) is 34.8 Å². The van der Waals surface area contributed by atoms with Gasteiger partial charge in [-0.05, 0) is 36.2 Å². The highest BCUT2D eigenvalue weighted by Gasteiger charge is 2.27. The number of hydrogen-bond donors (Lipinski definition) is 1. The molecule has 0 aromatic heterocycles. The number of nitrogens with zero attached hydrogens (tertiary/aromatic N) is 1. The Labute approximate surface area is 174 Å². The summed E-state index contributed by atoms with van der Waals surface area (Å²) in [6, 6.07) is 12.5. The van der Waals surface area contributed by atoms with Crippen LogP contribution in [0.5, 0.6) is 0 Å². The van der Waals surface area contributed by atoms with Gasteiger partial charge in [0.1, 0.15) is 0 Å². The monoisotopic (exact) mass is 430 g/mol. The maximum atomic E-state index is 12.8. The van der Waals surface area contributed by atoms with Crippen molar-refractivity contribution in [2.75, 3.05) is 28.3 Å². The zero-order valence-corrected chi connectivity index (χ0v) is 17.7. The van der Waals surface area contributed by atoms with Crippen molar-refractivity contribution in [1.82, 2.24) is 0 Å². The van der Waals surface area contributed by atoms with Gasteiger partial charge in [0.05, 0.1) is 16.3 Å². The number of rotatable bonds is 4. The molecule has 1 N–H and O–H groups in total. The number of anilines is 2. The molecule has 0 saturated carbocycles. The molecule has 0 aliphatic carbocycles. The number of hydrogen-bond acceptors (Lipinski definition) is 5. The van der Waals surface area contributed by atoms with Crippen molar-refractivity contribution in [1.29, 1.82) is 0 Å². The van der Waals surface area contributed by atoms with Gasteiger partial charge in [0, 0.05) is 35.2 Å². The Morgan fingerprint density at radius 1 is 1.24 bits per heavy atom. The number of para-hydroxylation sites is 1. The second-order valence-corrected chi connectivity index (χ2v) is 10.5. The zero-order valence-electron chi connectivity index (χ0n) is 16.1. The molecule has 6 nitrogen and oxygen atoms in total. The van der Waals surface area contributed by atoms with Crippen molar-refractivity contribution < 1.29 is 18.0 Å². The smallest absolute Gasteiger partial charge is 0.228 e. The predicted molar refractivity (Wildman–Crippen MR) is 114 cm³/mol. The standard InChI is InChI=1S/C21H22N2O4S2/c1-14-13-28-19-7-6-16(12-17(19)22-21(14)25)29(26,27)11-9-20(24)23-10-8-15-4-2-3-5-18(15)23/h2-7,12,14H,8-11,13H2,1H3,(H,22,25). The highest BCUT2D eigenvalue weighted by atomic mass is 32.2.